The van der Waals surface area contributed by atoms with Gasteiger partial charge in [-0.15, -0.1) is 0 Å². The van der Waals surface area contributed by atoms with Crippen LogP contribution in [0.3, 0.4) is 0 Å². The molecule has 22 heavy (non-hydrogen) atoms. The first kappa shape index (κ1) is 15.1. The van der Waals surface area contributed by atoms with Crippen LogP contribution in [0.4, 0.5) is 5.69 Å². The summed E-state index contributed by atoms with van der Waals surface area (Å²) in [6.45, 7) is 2.82. The molecule has 0 saturated heterocycles. The van der Waals surface area contributed by atoms with E-state index in [1.165, 1.54) is 5.56 Å². The van der Waals surface area contributed by atoms with E-state index in [0.29, 0.717) is 6.42 Å². The van der Waals surface area contributed by atoms with Gasteiger partial charge in [0.2, 0.25) is 5.91 Å². The summed E-state index contributed by atoms with van der Waals surface area (Å²) in [5.74, 6) is 0.176. The van der Waals surface area contributed by atoms with Crippen molar-refractivity contribution in [3.8, 4) is 0 Å². The van der Waals surface area contributed by atoms with Gasteiger partial charge in [0.25, 0.3) is 0 Å². The lowest BCUT2D eigenvalue weighted by Gasteiger charge is -2.31. The van der Waals surface area contributed by atoms with Gasteiger partial charge in [0.05, 0.1) is 6.20 Å². The molecule has 1 amide bonds. The maximum atomic E-state index is 12.6. The Bertz CT molecular complexity index is 708. The van der Waals surface area contributed by atoms with Crippen LogP contribution in [0.1, 0.15) is 29.5 Å². The van der Waals surface area contributed by atoms with E-state index in [2.05, 4.69) is 5.10 Å². The molecule has 0 fully saturated rings. The molecule has 5 heteroatoms. The van der Waals surface area contributed by atoms with E-state index in [1.54, 1.807) is 4.68 Å². The van der Waals surface area contributed by atoms with Crippen molar-refractivity contribution in [2.75, 3.05) is 11.4 Å². The minimum absolute atomic E-state index is 0.176. The van der Waals surface area contributed by atoms with Gasteiger partial charge < -0.3 is 4.90 Å². The Morgan fingerprint density at radius 2 is 2.23 bits per heavy atom. The Hall–Kier alpha value is -1.81. The zero-order valence-corrected chi connectivity index (χ0v) is 13.7. The summed E-state index contributed by atoms with van der Waals surface area (Å²) >= 11 is 6.14. The molecule has 0 aliphatic carbocycles. The summed E-state index contributed by atoms with van der Waals surface area (Å²) in [6.07, 6.45) is 7.00. The van der Waals surface area contributed by atoms with Gasteiger partial charge in [-0.1, -0.05) is 11.6 Å². The lowest BCUT2D eigenvalue weighted by Crippen LogP contribution is -2.36. The third-order valence-corrected chi connectivity index (χ3v) is 4.35. The SMILES string of the molecule is Cc1cc(Cl)cc2c1N(C(=O)CCc1cnn(C)c1)CCC2. The van der Waals surface area contributed by atoms with Gasteiger partial charge in [-0.25, -0.2) is 0 Å². The molecule has 0 N–H and O–H groups in total. The molecular formula is C17H20ClN3O. The summed E-state index contributed by atoms with van der Waals surface area (Å²) in [7, 11) is 1.89. The Labute approximate surface area is 135 Å². The molecule has 1 aromatic heterocycles. The van der Waals surface area contributed by atoms with Crippen LogP contribution in [-0.2, 0) is 24.7 Å². The summed E-state index contributed by atoms with van der Waals surface area (Å²) < 4.78 is 1.77. The number of nitrogens with zero attached hydrogens (tertiary/aromatic N) is 3. The minimum Gasteiger partial charge on any atom is -0.312 e. The highest BCUT2D eigenvalue weighted by Crippen LogP contribution is 2.33. The number of aromatic nitrogens is 2. The highest BCUT2D eigenvalue weighted by Gasteiger charge is 2.24. The van der Waals surface area contributed by atoms with E-state index in [0.717, 1.165) is 47.6 Å². The van der Waals surface area contributed by atoms with Crippen molar-refractivity contribution in [2.24, 2.45) is 7.05 Å². The van der Waals surface area contributed by atoms with Crippen LogP contribution in [0.2, 0.25) is 5.02 Å². The number of carbonyl (C=O) groups excluding carboxylic acids is 1. The third kappa shape index (κ3) is 3.02. The van der Waals surface area contributed by atoms with Gasteiger partial charge in [-0.2, -0.15) is 5.10 Å². The number of amides is 1. The summed E-state index contributed by atoms with van der Waals surface area (Å²) in [5, 5.41) is 4.89. The number of hydrogen-bond acceptors (Lipinski definition) is 2. The number of anilines is 1. The van der Waals surface area contributed by atoms with Crippen molar-refractivity contribution in [1.82, 2.24) is 9.78 Å². The van der Waals surface area contributed by atoms with Gasteiger partial charge in [0.1, 0.15) is 0 Å². The van der Waals surface area contributed by atoms with Crippen molar-refractivity contribution in [3.63, 3.8) is 0 Å². The number of benzene rings is 1. The monoisotopic (exact) mass is 317 g/mol. The van der Waals surface area contributed by atoms with E-state index in [-0.39, 0.29) is 5.91 Å². The molecule has 0 bridgehead atoms. The van der Waals surface area contributed by atoms with Crippen molar-refractivity contribution >= 4 is 23.2 Å². The molecule has 2 aromatic rings. The van der Waals surface area contributed by atoms with Gasteiger partial charge in [-0.3, -0.25) is 9.48 Å². The van der Waals surface area contributed by atoms with Crippen molar-refractivity contribution < 1.29 is 4.79 Å². The first-order chi connectivity index (χ1) is 10.5. The van der Waals surface area contributed by atoms with Crippen molar-refractivity contribution in [3.05, 3.63) is 46.2 Å². The molecule has 2 heterocycles. The molecule has 4 nitrogen and oxygen atoms in total. The van der Waals surface area contributed by atoms with Crippen LogP contribution >= 0.6 is 11.6 Å². The Morgan fingerprint density at radius 1 is 1.41 bits per heavy atom. The largest absolute Gasteiger partial charge is 0.312 e. The molecule has 1 aromatic carbocycles. The van der Waals surface area contributed by atoms with Gasteiger partial charge in [0, 0.05) is 36.9 Å². The van der Waals surface area contributed by atoms with E-state index in [4.69, 9.17) is 11.6 Å². The third-order valence-electron chi connectivity index (χ3n) is 4.13. The lowest BCUT2D eigenvalue weighted by atomic mass is 9.97. The Kier molecular flexibility index (Phi) is 4.21. The minimum atomic E-state index is 0.176. The molecule has 0 radical (unpaired) electrons. The molecule has 0 unspecified atom stereocenters. The Morgan fingerprint density at radius 3 is 2.95 bits per heavy atom. The van der Waals surface area contributed by atoms with Crippen LogP contribution < -0.4 is 4.90 Å². The number of fused-ring (bicyclic) bond motifs is 1. The molecule has 0 atom stereocenters. The van der Waals surface area contributed by atoms with Crippen molar-refractivity contribution in [1.29, 1.82) is 0 Å². The lowest BCUT2D eigenvalue weighted by molar-refractivity contribution is -0.118. The predicted molar refractivity (Wildman–Crippen MR) is 88.4 cm³/mol. The maximum Gasteiger partial charge on any atom is 0.227 e. The van der Waals surface area contributed by atoms with Crippen LogP contribution in [0.15, 0.2) is 24.5 Å². The fourth-order valence-electron chi connectivity index (χ4n) is 3.16. The summed E-state index contributed by atoms with van der Waals surface area (Å²) in [6, 6.07) is 3.93. The number of hydrogen-bond donors (Lipinski definition) is 0. The summed E-state index contributed by atoms with van der Waals surface area (Å²) in [4.78, 5) is 14.6. The number of rotatable bonds is 3. The number of aryl methyl sites for hydroxylation is 4. The van der Waals surface area contributed by atoms with E-state index in [1.807, 2.05) is 43.4 Å². The molecule has 1 aliphatic rings. The molecule has 1 aliphatic heterocycles. The fourth-order valence-corrected chi connectivity index (χ4v) is 3.45. The normalized spacial score (nSPS) is 14.0. The topological polar surface area (TPSA) is 38.1 Å². The molecule has 0 spiro atoms. The highest BCUT2D eigenvalue weighted by molar-refractivity contribution is 6.30. The van der Waals surface area contributed by atoms with Gasteiger partial charge in [-0.05, 0) is 55.0 Å². The first-order valence-corrected chi connectivity index (χ1v) is 7.99. The highest BCUT2D eigenvalue weighted by atomic mass is 35.5. The smallest absolute Gasteiger partial charge is 0.227 e. The van der Waals surface area contributed by atoms with Crippen LogP contribution in [-0.4, -0.2) is 22.2 Å². The van der Waals surface area contributed by atoms with Crippen LogP contribution in [0.5, 0.6) is 0 Å². The second-order valence-electron chi connectivity index (χ2n) is 5.90. The standard InChI is InChI=1S/C17H20ClN3O/c1-12-8-15(18)9-14-4-3-7-21(17(12)14)16(22)6-5-13-10-19-20(2)11-13/h8-11H,3-7H2,1-2H3. The second kappa shape index (κ2) is 6.13. The van der Waals surface area contributed by atoms with Gasteiger partial charge >= 0.3 is 0 Å². The molecule has 3 rings (SSSR count). The summed E-state index contributed by atoms with van der Waals surface area (Å²) in [5.41, 5.74) is 4.43. The average molecular weight is 318 g/mol. The fraction of sp³-hybridized carbons (Fsp3) is 0.412. The van der Waals surface area contributed by atoms with E-state index >= 15 is 0 Å². The maximum absolute atomic E-state index is 12.6. The molecule has 0 saturated carbocycles. The zero-order valence-electron chi connectivity index (χ0n) is 13.0. The van der Waals surface area contributed by atoms with Crippen molar-refractivity contribution in [2.45, 2.75) is 32.6 Å². The van der Waals surface area contributed by atoms with E-state index in [9.17, 15) is 4.79 Å². The number of halogens is 1. The molecular weight excluding hydrogens is 298 g/mol. The van der Waals surface area contributed by atoms with Crippen LogP contribution in [0, 0.1) is 6.92 Å². The first-order valence-electron chi connectivity index (χ1n) is 7.61. The predicted octanol–water partition coefficient (Wildman–Crippen LogP) is 3.29. The zero-order chi connectivity index (χ0) is 15.7. The average Bonchev–Trinajstić information content (AvgIpc) is 2.89. The molecule has 116 valence electrons. The number of carbonyl (C=O) groups is 1. The van der Waals surface area contributed by atoms with Gasteiger partial charge in [0.15, 0.2) is 0 Å². The van der Waals surface area contributed by atoms with E-state index < -0.39 is 0 Å². The second-order valence-corrected chi connectivity index (χ2v) is 6.34. The quantitative estimate of drug-likeness (QED) is 0.871. The Balaban J connectivity index is 1.77. The van der Waals surface area contributed by atoms with Crippen LogP contribution in [0.25, 0.3) is 0 Å².